The second kappa shape index (κ2) is 5.84. The average molecular weight is 373 g/mol. The van der Waals surface area contributed by atoms with Crippen LogP contribution in [0.2, 0.25) is 0 Å². The Morgan fingerprint density at radius 1 is 1.24 bits per heavy atom. The van der Waals surface area contributed by atoms with E-state index < -0.39 is 14.8 Å². The van der Waals surface area contributed by atoms with Crippen molar-refractivity contribution in [3.8, 4) is 0 Å². The zero-order valence-corrected chi connectivity index (χ0v) is 12.8. The molecule has 0 saturated carbocycles. The maximum atomic E-state index is 12.4. The topological polar surface area (TPSA) is 129 Å². The van der Waals surface area contributed by atoms with Gasteiger partial charge in [0.25, 0.3) is 5.69 Å². The molecule has 1 heterocycles. The van der Waals surface area contributed by atoms with Gasteiger partial charge in [0.1, 0.15) is 10.4 Å². The summed E-state index contributed by atoms with van der Waals surface area (Å²) in [6.07, 6.45) is 0. The molecule has 0 bridgehead atoms. The van der Waals surface area contributed by atoms with Gasteiger partial charge in [0.05, 0.1) is 16.4 Å². The first-order chi connectivity index (χ1) is 9.84. The molecule has 2 N–H and O–H groups in total. The lowest BCUT2D eigenvalue weighted by Crippen LogP contribution is -2.10. The van der Waals surface area contributed by atoms with Gasteiger partial charge in [-0.1, -0.05) is 0 Å². The second-order valence-corrected chi connectivity index (χ2v) is 6.61. The number of hydrogen-bond donors (Lipinski definition) is 1. The molecule has 0 atom stereocenters. The zero-order valence-electron chi connectivity index (χ0n) is 10.4. The highest BCUT2D eigenvalue weighted by Gasteiger charge is 2.21. The maximum Gasteiger partial charge on any atom is 0.269 e. The second-order valence-electron chi connectivity index (χ2n) is 3.90. The van der Waals surface area contributed by atoms with E-state index in [9.17, 15) is 18.5 Å². The van der Waals surface area contributed by atoms with Crippen LogP contribution < -0.4 is 5.73 Å². The van der Waals surface area contributed by atoms with Crippen LogP contribution in [-0.2, 0) is 16.4 Å². The van der Waals surface area contributed by atoms with Crippen molar-refractivity contribution in [2.75, 3.05) is 0 Å². The Labute approximate surface area is 128 Å². The Balaban J connectivity index is 2.51. The van der Waals surface area contributed by atoms with Crippen molar-refractivity contribution in [3.05, 3.63) is 50.9 Å². The number of non-ortho nitro benzene ring substituents is 1. The normalized spacial score (nSPS) is 11.3. The Kier molecular flexibility index (Phi) is 4.30. The molecule has 0 fully saturated rings. The molecule has 0 radical (unpaired) electrons. The van der Waals surface area contributed by atoms with Crippen LogP contribution in [0.5, 0.6) is 0 Å². The molecule has 0 unspecified atom stereocenters. The molecule has 1 aromatic heterocycles. The molecule has 0 spiro atoms. The third-order valence-electron chi connectivity index (χ3n) is 2.53. The minimum atomic E-state index is -3.90. The number of sulfone groups is 1. The lowest BCUT2D eigenvalue weighted by Gasteiger charge is -2.05. The van der Waals surface area contributed by atoms with Crippen LogP contribution in [0.4, 0.5) is 5.69 Å². The fraction of sp³-hybridized carbons (Fsp3) is 0.0909. The number of benzene rings is 1. The van der Waals surface area contributed by atoms with Gasteiger partial charge in [-0.05, 0) is 28.1 Å². The highest BCUT2D eigenvalue weighted by Crippen LogP contribution is 2.23. The summed E-state index contributed by atoms with van der Waals surface area (Å²) >= 11 is 3.09. The zero-order chi connectivity index (χ0) is 15.6. The number of hydrogen-bond acceptors (Lipinski definition) is 7. The van der Waals surface area contributed by atoms with Crippen molar-refractivity contribution in [2.45, 2.75) is 16.5 Å². The number of aromatic nitrogens is 2. The van der Waals surface area contributed by atoms with E-state index in [1.165, 1.54) is 6.07 Å². The third kappa shape index (κ3) is 3.23. The maximum absolute atomic E-state index is 12.4. The van der Waals surface area contributed by atoms with Crippen molar-refractivity contribution < 1.29 is 13.3 Å². The Bertz CT molecular complexity index is 792. The van der Waals surface area contributed by atoms with Crippen molar-refractivity contribution in [1.29, 1.82) is 0 Å². The van der Waals surface area contributed by atoms with Gasteiger partial charge in [-0.2, -0.15) is 0 Å². The van der Waals surface area contributed by atoms with Gasteiger partial charge in [0.2, 0.25) is 9.84 Å². The number of halogens is 1. The molecule has 8 nitrogen and oxygen atoms in total. The number of nitrogens with zero attached hydrogens (tertiary/aromatic N) is 3. The van der Waals surface area contributed by atoms with Crippen molar-refractivity contribution in [2.24, 2.45) is 5.73 Å². The van der Waals surface area contributed by atoms with Gasteiger partial charge in [-0.25, -0.2) is 18.4 Å². The minimum absolute atomic E-state index is 0.0117. The molecule has 0 aliphatic rings. The van der Waals surface area contributed by atoms with Gasteiger partial charge < -0.3 is 5.73 Å². The fourth-order valence-corrected chi connectivity index (χ4v) is 3.34. The molecule has 2 aromatic rings. The summed E-state index contributed by atoms with van der Waals surface area (Å²) in [6, 6.07) is 5.80. The summed E-state index contributed by atoms with van der Waals surface area (Å²) < 4.78 is 25.1. The highest BCUT2D eigenvalue weighted by atomic mass is 79.9. The average Bonchev–Trinajstić information content (AvgIpc) is 2.46. The van der Waals surface area contributed by atoms with Gasteiger partial charge >= 0.3 is 0 Å². The molecule has 2 rings (SSSR count). The SMILES string of the molecule is NCc1nc(Br)cc(S(=O)(=O)c2ccc([N+](=O)[O-])cc2)n1. The first-order valence-electron chi connectivity index (χ1n) is 5.57. The van der Waals surface area contributed by atoms with E-state index in [0.717, 1.165) is 24.3 Å². The van der Waals surface area contributed by atoms with E-state index >= 15 is 0 Å². The van der Waals surface area contributed by atoms with Gasteiger partial charge in [0.15, 0.2) is 5.03 Å². The van der Waals surface area contributed by atoms with E-state index in [0.29, 0.717) is 4.60 Å². The predicted octanol–water partition coefficient (Wildman–Crippen LogP) is 1.44. The van der Waals surface area contributed by atoms with Gasteiger partial charge in [-0.3, -0.25) is 10.1 Å². The van der Waals surface area contributed by atoms with Crippen LogP contribution >= 0.6 is 15.9 Å². The number of nitro groups is 1. The summed E-state index contributed by atoms with van der Waals surface area (Å²) in [7, 11) is -3.90. The summed E-state index contributed by atoms with van der Waals surface area (Å²) in [6.45, 7) is -0.0117. The smallest absolute Gasteiger partial charge is 0.269 e. The van der Waals surface area contributed by atoms with Crippen molar-refractivity contribution >= 4 is 31.5 Å². The summed E-state index contributed by atoms with van der Waals surface area (Å²) in [5, 5.41) is 10.4. The standard InChI is InChI=1S/C11H9BrN4O4S/c12-9-5-11(15-10(6-13)14-9)21(19,20)8-3-1-7(2-4-8)16(17)18/h1-5H,6,13H2. The quantitative estimate of drug-likeness (QED) is 0.488. The molecule has 10 heteroatoms. The summed E-state index contributed by atoms with van der Waals surface area (Å²) in [4.78, 5) is 17.7. The van der Waals surface area contributed by atoms with Crippen LogP contribution in [0.15, 0.2) is 44.9 Å². The summed E-state index contributed by atoms with van der Waals surface area (Å²) in [5.74, 6) is 0.171. The van der Waals surface area contributed by atoms with Gasteiger partial charge in [0, 0.05) is 18.2 Å². The highest BCUT2D eigenvalue weighted by molar-refractivity contribution is 9.10. The number of rotatable bonds is 4. The van der Waals surface area contributed by atoms with Crippen LogP contribution in [0.1, 0.15) is 5.82 Å². The van der Waals surface area contributed by atoms with Crippen LogP contribution in [-0.4, -0.2) is 23.3 Å². The van der Waals surface area contributed by atoms with Crippen molar-refractivity contribution in [1.82, 2.24) is 9.97 Å². The largest absolute Gasteiger partial charge is 0.324 e. The van der Waals surface area contributed by atoms with Crippen LogP contribution in [0, 0.1) is 10.1 Å². The predicted molar refractivity (Wildman–Crippen MR) is 76.2 cm³/mol. The Morgan fingerprint density at radius 2 is 1.86 bits per heavy atom. The van der Waals surface area contributed by atoms with Crippen LogP contribution in [0.25, 0.3) is 0 Å². The molecule has 110 valence electrons. The molecule has 21 heavy (non-hydrogen) atoms. The van der Waals surface area contributed by atoms with E-state index in [1.54, 1.807) is 0 Å². The lowest BCUT2D eigenvalue weighted by molar-refractivity contribution is -0.384. The van der Waals surface area contributed by atoms with Gasteiger partial charge in [-0.15, -0.1) is 0 Å². The molecular weight excluding hydrogens is 364 g/mol. The molecule has 1 aromatic carbocycles. The molecule has 0 aliphatic heterocycles. The Morgan fingerprint density at radius 3 is 2.38 bits per heavy atom. The van der Waals surface area contributed by atoms with Crippen LogP contribution in [0.3, 0.4) is 0 Å². The fourth-order valence-electron chi connectivity index (χ4n) is 1.54. The minimum Gasteiger partial charge on any atom is -0.324 e. The van der Waals surface area contributed by atoms with E-state index in [1.807, 2.05) is 0 Å². The van der Waals surface area contributed by atoms with E-state index in [4.69, 9.17) is 5.73 Å². The molecular formula is C11H9BrN4O4S. The monoisotopic (exact) mass is 372 g/mol. The number of nitro benzene ring substituents is 1. The third-order valence-corrected chi connectivity index (χ3v) is 4.59. The van der Waals surface area contributed by atoms with Crippen molar-refractivity contribution in [3.63, 3.8) is 0 Å². The molecule has 0 aliphatic carbocycles. The van der Waals surface area contributed by atoms with E-state index in [2.05, 4.69) is 25.9 Å². The Hall–Kier alpha value is -1.91. The van der Waals surface area contributed by atoms with E-state index in [-0.39, 0.29) is 28.0 Å². The molecule has 0 saturated heterocycles. The lowest BCUT2D eigenvalue weighted by atomic mass is 10.3. The number of nitrogens with two attached hydrogens (primary N) is 1. The summed E-state index contributed by atoms with van der Waals surface area (Å²) in [5.41, 5.74) is 5.21. The molecule has 0 amide bonds. The first kappa shape index (κ1) is 15.5. The first-order valence-corrected chi connectivity index (χ1v) is 7.85.